The van der Waals surface area contributed by atoms with E-state index in [9.17, 15) is 9.59 Å². The van der Waals surface area contributed by atoms with Crippen LogP contribution < -0.4 is 5.73 Å². The van der Waals surface area contributed by atoms with E-state index < -0.39 is 5.91 Å². The van der Waals surface area contributed by atoms with Crippen LogP contribution in [0.15, 0.2) is 54.2 Å². The Kier molecular flexibility index (Phi) is 11.1. The molecule has 1 amide bonds. The predicted octanol–water partition coefficient (Wildman–Crippen LogP) is 2.60. The Hall–Kier alpha value is -1.73. The minimum atomic E-state index is -0.435. The molecule has 0 bridgehead atoms. The van der Waals surface area contributed by atoms with Crippen molar-refractivity contribution in [3.05, 3.63) is 49.2 Å². The Morgan fingerprint density at radius 2 is 2.14 bits per heavy atom. The van der Waals surface area contributed by atoms with Crippen LogP contribution in [0.25, 0.3) is 0 Å². The molecule has 1 aromatic heterocycles. The highest BCUT2D eigenvalue weighted by Crippen LogP contribution is 2.28. The number of ether oxygens (including phenoxy) is 1. The summed E-state index contributed by atoms with van der Waals surface area (Å²) in [6.45, 7) is 8.56. The van der Waals surface area contributed by atoms with E-state index in [1.165, 1.54) is 0 Å². The van der Waals surface area contributed by atoms with Crippen molar-refractivity contribution in [2.45, 2.75) is 11.9 Å². The smallest absolute Gasteiger partial charge is 0.330 e. The van der Waals surface area contributed by atoms with Crippen LogP contribution in [0.2, 0.25) is 0 Å². The molecule has 114 valence electrons. The average Bonchev–Trinajstić information content (AvgIpc) is 2.48. The summed E-state index contributed by atoms with van der Waals surface area (Å²) >= 11 is 0. The number of primary amides is 1. The second-order valence-electron chi connectivity index (χ2n) is 3.59. The fraction of sp³-hybridized carbons (Fsp3) is 0.214. The van der Waals surface area contributed by atoms with Gasteiger partial charge in [0, 0.05) is 23.6 Å². The van der Waals surface area contributed by atoms with E-state index in [4.69, 9.17) is 10.5 Å². The van der Waals surface area contributed by atoms with E-state index >= 15 is 0 Å². The van der Waals surface area contributed by atoms with Crippen LogP contribution >= 0.6 is 21.6 Å². The lowest BCUT2D eigenvalue weighted by Crippen LogP contribution is -2.10. The van der Waals surface area contributed by atoms with Gasteiger partial charge < -0.3 is 10.5 Å². The first-order valence-corrected chi connectivity index (χ1v) is 8.24. The quantitative estimate of drug-likeness (QED) is 0.359. The van der Waals surface area contributed by atoms with Crippen molar-refractivity contribution in [3.63, 3.8) is 0 Å². The zero-order chi connectivity index (χ0) is 16.1. The molecule has 1 heterocycles. The number of nitrogens with two attached hydrogens (primary N) is 1. The summed E-state index contributed by atoms with van der Waals surface area (Å²) in [5, 5.41) is 0.956. The molecule has 0 aromatic carbocycles. The molecular formula is C14H18N2O3S2. The van der Waals surface area contributed by atoms with Crippen molar-refractivity contribution in [2.24, 2.45) is 5.73 Å². The van der Waals surface area contributed by atoms with E-state index in [1.807, 2.05) is 18.2 Å². The third kappa shape index (κ3) is 11.8. The van der Waals surface area contributed by atoms with Gasteiger partial charge in [-0.15, -0.1) is 0 Å². The van der Waals surface area contributed by atoms with Gasteiger partial charge in [-0.3, -0.25) is 4.79 Å². The maximum atomic E-state index is 10.7. The number of rotatable bonds is 7. The molecule has 0 aliphatic rings. The number of hydrogen-bond donors (Lipinski definition) is 1. The maximum Gasteiger partial charge on any atom is 0.330 e. The van der Waals surface area contributed by atoms with E-state index in [0.717, 1.165) is 16.9 Å². The van der Waals surface area contributed by atoms with Crippen LogP contribution in [-0.4, -0.2) is 29.2 Å². The van der Waals surface area contributed by atoms with Crippen LogP contribution in [0.3, 0.4) is 0 Å². The van der Waals surface area contributed by atoms with Crippen molar-refractivity contribution in [2.75, 3.05) is 12.4 Å². The van der Waals surface area contributed by atoms with Crippen molar-refractivity contribution >= 4 is 33.5 Å². The van der Waals surface area contributed by atoms with Crippen LogP contribution in [0.5, 0.6) is 0 Å². The number of hydrogen-bond acceptors (Lipinski definition) is 6. The minimum Gasteiger partial charge on any atom is -0.462 e. The molecule has 0 radical (unpaired) electrons. The highest BCUT2D eigenvalue weighted by molar-refractivity contribution is 8.76. The van der Waals surface area contributed by atoms with Gasteiger partial charge in [0.1, 0.15) is 11.6 Å². The van der Waals surface area contributed by atoms with Gasteiger partial charge in [-0.05, 0) is 29.9 Å². The summed E-state index contributed by atoms with van der Waals surface area (Å²) in [6.07, 6.45) is 2.91. The van der Waals surface area contributed by atoms with Crippen molar-refractivity contribution in [3.8, 4) is 0 Å². The molecule has 5 nitrogen and oxygen atoms in total. The fourth-order valence-electron chi connectivity index (χ4n) is 0.734. The molecule has 0 atom stereocenters. The van der Waals surface area contributed by atoms with Gasteiger partial charge in [0.25, 0.3) is 0 Å². The first-order valence-electron chi connectivity index (χ1n) is 5.92. The molecule has 0 aliphatic carbocycles. The third-order valence-electron chi connectivity index (χ3n) is 1.78. The average molecular weight is 326 g/mol. The largest absolute Gasteiger partial charge is 0.462 e. The van der Waals surface area contributed by atoms with E-state index in [1.54, 1.807) is 34.7 Å². The Balaban J connectivity index is 0.000000567. The van der Waals surface area contributed by atoms with Gasteiger partial charge in [0.2, 0.25) is 5.91 Å². The van der Waals surface area contributed by atoms with E-state index in [-0.39, 0.29) is 5.97 Å². The highest BCUT2D eigenvalue weighted by Gasteiger charge is 1.97. The zero-order valence-corrected chi connectivity index (χ0v) is 13.4. The monoisotopic (exact) mass is 326 g/mol. The minimum absolute atomic E-state index is 0.376. The summed E-state index contributed by atoms with van der Waals surface area (Å²) in [6, 6.07) is 5.75. The second kappa shape index (κ2) is 12.0. The van der Waals surface area contributed by atoms with Crippen molar-refractivity contribution < 1.29 is 14.3 Å². The normalized spacial score (nSPS) is 9.00. The molecule has 0 unspecified atom stereocenters. The lowest BCUT2D eigenvalue weighted by Gasteiger charge is -2.01. The number of nitrogens with zero attached hydrogens (tertiary/aromatic N) is 1. The second-order valence-corrected chi connectivity index (χ2v) is 6.03. The molecule has 0 saturated carbocycles. The topological polar surface area (TPSA) is 82.3 Å². The molecule has 1 rings (SSSR count). The zero-order valence-electron chi connectivity index (χ0n) is 11.8. The van der Waals surface area contributed by atoms with Crippen LogP contribution in [0.4, 0.5) is 0 Å². The number of carbonyl (C=O) groups is 2. The van der Waals surface area contributed by atoms with Gasteiger partial charge in [-0.25, -0.2) is 9.78 Å². The number of pyridine rings is 1. The van der Waals surface area contributed by atoms with Gasteiger partial charge in [0.05, 0.1) is 0 Å². The lowest BCUT2D eigenvalue weighted by molar-refractivity contribution is -0.137. The molecule has 0 saturated heterocycles. The Morgan fingerprint density at radius 3 is 2.62 bits per heavy atom. The van der Waals surface area contributed by atoms with Crippen molar-refractivity contribution in [1.82, 2.24) is 4.98 Å². The summed E-state index contributed by atoms with van der Waals surface area (Å²) in [7, 11) is 3.17. The third-order valence-corrected chi connectivity index (χ3v) is 4.01. The summed E-state index contributed by atoms with van der Waals surface area (Å²) in [5.41, 5.74) is 5.09. The van der Waals surface area contributed by atoms with Crippen LogP contribution in [-0.2, 0) is 14.3 Å². The lowest BCUT2D eigenvalue weighted by atomic mass is 10.3. The number of carbonyl (C=O) groups excluding carboxylic acids is 2. The van der Waals surface area contributed by atoms with Crippen LogP contribution in [0.1, 0.15) is 6.92 Å². The predicted molar refractivity (Wildman–Crippen MR) is 87.7 cm³/mol. The molecule has 7 heteroatoms. The standard InChI is InChI=1S/C10H11NO2S2.C4H7NO/c1-2-10(12)13-7-8-14-15-9-5-3-4-6-11-9;1-3(2)4(5)6/h2-6H,1,7-8H2;1H2,2H3,(H2,5,6). The summed E-state index contributed by atoms with van der Waals surface area (Å²) in [4.78, 5) is 24.6. The van der Waals surface area contributed by atoms with Gasteiger partial charge in [-0.2, -0.15) is 0 Å². The molecule has 0 aliphatic heterocycles. The molecule has 2 N–H and O–H groups in total. The highest BCUT2D eigenvalue weighted by atomic mass is 33.1. The fourth-order valence-corrected chi connectivity index (χ4v) is 2.44. The number of aromatic nitrogens is 1. The Morgan fingerprint density at radius 1 is 1.48 bits per heavy atom. The molecular weight excluding hydrogens is 308 g/mol. The molecule has 21 heavy (non-hydrogen) atoms. The Labute approximate surface area is 132 Å². The van der Waals surface area contributed by atoms with E-state index in [0.29, 0.717) is 12.2 Å². The maximum absolute atomic E-state index is 10.7. The van der Waals surface area contributed by atoms with Gasteiger partial charge in [0.15, 0.2) is 0 Å². The molecule has 1 aromatic rings. The van der Waals surface area contributed by atoms with Crippen molar-refractivity contribution in [1.29, 1.82) is 0 Å². The van der Waals surface area contributed by atoms with E-state index in [2.05, 4.69) is 18.1 Å². The summed E-state index contributed by atoms with van der Waals surface area (Å²) < 4.78 is 4.82. The van der Waals surface area contributed by atoms with Crippen LogP contribution in [0, 0.1) is 0 Å². The molecule has 0 spiro atoms. The first kappa shape index (κ1) is 19.3. The number of esters is 1. The number of amides is 1. The summed E-state index contributed by atoms with van der Waals surface area (Å²) in [5.74, 6) is -0.0747. The Bertz CT molecular complexity index is 466. The first-order chi connectivity index (χ1) is 9.97. The van der Waals surface area contributed by atoms with Gasteiger partial charge >= 0.3 is 5.97 Å². The SMILES string of the molecule is C=C(C)C(N)=O.C=CC(=O)OCCSSc1ccccn1. The van der Waals surface area contributed by atoms with Gasteiger partial charge in [-0.1, -0.05) is 30.0 Å². The molecule has 0 fully saturated rings.